The Morgan fingerprint density at radius 1 is 0.778 bits per heavy atom. The summed E-state index contributed by atoms with van der Waals surface area (Å²) in [5.74, 6) is 3.51. The van der Waals surface area contributed by atoms with Gasteiger partial charge in [0.15, 0.2) is 0 Å². The van der Waals surface area contributed by atoms with Crippen LogP contribution in [0, 0.1) is 0 Å². The topological polar surface area (TPSA) is 52.5 Å². The zero-order valence-electron chi connectivity index (χ0n) is 21.8. The smallest absolute Gasteiger partial charge is 0.129 e. The molecule has 0 amide bonds. The van der Waals surface area contributed by atoms with Crippen LogP contribution in [0.1, 0.15) is 48.9 Å². The molecule has 0 bridgehead atoms. The number of anilines is 1. The number of hydrazone groups is 1. The zero-order chi connectivity index (χ0) is 25.7. The van der Waals surface area contributed by atoms with Crippen LogP contribution in [0.2, 0.25) is 0 Å². The third-order valence-electron chi connectivity index (χ3n) is 6.45. The molecule has 0 spiro atoms. The van der Waals surface area contributed by atoms with Gasteiger partial charge in [0, 0.05) is 29.7 Å². The molecule has 1 atom stereocenters. The van der Waals surface area contributed by atoms with Crippen molar-refractivity contribution in [3.05, 3.63) is 83.4 Å². The molecule has 3 aromatic carbocycles. The standard InChI is InChI=1S/C30H34N2O4/c1-20(2)21-8-12-24(13-9-21)32-28(27-16-15-26(34-4)19-30(27)36-6)17-23(31-32)11-7-22-10-14-25(33-3)18-29(22)35-5/h7-16,18-20,28H,17H2,1-6H3. The number of benzene rings is 3. The van der Waals surface area contributed by atoms with Gasteiger partial charge in [-0.25, -0.2) is 0 Å². The molecule has 0 saturated carbocycles. The fourth-order valence-electron chi connectivity index (χ4n) is 4.36. The average Bonchev–Trinajstić information content (AvgIpc) is 3.35. The predicted molar refractivity (Wildman–Crippen MR) is 146 cm³/mol. The summed E-state index contributed by atoms with van der Waals surface area (Å²) in [6, 6.07) is 20.3. The van der Waals surface area contributed by atoms with Crippen LogP contribution in [0.15, 0.2) is 71.8 Å². The third-order valence-corrected chi connectivity index (χ3v) is 6.45. The van der Waals surface area contributed by atoms with Gasteiger partial charge in [0.25, 0.3) is 0 Å². The van der Waals surface area contributed by atoms with Crippen LogP contribution < -0.4 is 24.0 Å². The highest BCUT2D eigenvalue weighted by molar-refractivity contribution is 6.01. The largest absolute Gasteiger partial charge is 0.497 e. The SMILES string of the molecule is COc1ccc(C=CC2=NN(c3ccc(C(C)C)cc3)C(c3ccc(OC)cc3OC)C2)c(OC)c1. The normalized spacial score (nSPS) is 15.4. The van der Waals surface area contributed by atoms with Gasteiger partial charge in [-0.1, -0.05) is 26.0 Å². The molecule has 188 valence electrons. The zero-order valence-corrected chi connectivity index (χ0v) is 21.8. The third kappa shape index (κ3) is 5.33. The fraction of sp³-hybridized carbons (Fsp3) is 0.300. The highest BCUT2D eigenvalue weighted by atomic mass is 16.5. The predicted octanol–water partition coefficient (Wildman–Crippen LogP) is 6.87. The maximum absolute atomic E-state index is 5.75. The van der Waals surface area contributed by atoms with E-state index in [1.165, 1.54) is 5.56 Å². The molecule has 0 N–H and O–H groups in total. The van der Waals surface area contributed by atoms with Crippen molar-refractivity contribution in [3.63, 3.8) is 0 Å². The average molecular weight is 487 g/mol. The van der Waals surface area contributed by atoms with Crippen molar-refractivity contribution in [1.29, 1.82) is 0 Å². The van der Waals surface area contributed by atoms with Crippen LogP contribution in [0.25, 0.3) is 6.08 Å². The first-order valence-electron chi connectivity index (χ1n) is 12.1. The Hall–Kier alpha value is -3.93. The number of rotatable bonds is 9. The molecule has 0 saturated heterocycles. The molecule has 0 aliphatic carbocycles. The van der Waals surface area contributed by atoms with Crippen molar-refractivity contribution in [1.82, 2.24) is 0 Å². The van der Waals surface area contributed by atoms with Gasteiger partial charge in [-0.3, -0.25) is 5.01 Å². The Balaban J connectivity index is 1.70. The van der Waals surface area contributed by atoms with E-state index in [9.17, 15) is 0 Å². The lowest BCUT2D eigenvalue weighted by Crippen LogP contribution is -2.19. The minimum atomic E-state index is -0.0202. The van der Waals surface area contributed by atoms with E-state index in [2.05, 4.69) is 55.3 Å². The van der Waals surface area contributed by atoms with Crippen molar-refractivity contribution < 1.29 is 18.9 Å². The van der Waals surface area contributed by atoms with Crippen molar-refractivity contribution >= 4 is 17.5 Å². The summed E-state index contributed by atoms with van der Waals surface area (Å²) in [6.45, 7) is 4.40. The number of hydrogen-bond acceptors (Lipinski definition) is 6. The molecular formula is C30H34N2O4. The molecule has 6 nitrogen and oxygen atoms in total. The van der Waals surface area contributed by atoms with Crippen LogP contribution in [0.5, 0.6) is 23.0 Å². The lowest BCUT2D eigenvalue weighted by atomic mass is 9.98. The van der Waals surface area contributed by atoms with Gasteiger partial charge in [0.2, 0.25) is 0 Å². The molecule has 4 rings (SSSR count). The summed E-state index contributed by atoms with van der Waals surface area (Å²) in [5, 5.41) is 7.11. The first kappa shape index (κ1) is 25.2. The summed E-state index contributed by atoms with van der Waals surface area (Å²) < 4.78 is 22.0. The molecule has 0 aromatic heterocycles. The summed E-state index contributed by atoms with van der Waals surface area (Å²) in [6.07, 6.45) is 4.81. The van der Waals surface area contributed by atoms with E-state index in [1.54, 1.807) is 28.4 Å². The summed E-state index contributed by atoms with van der Waals surface area (Å²) in [5.41, 5.74) is 5.31. The van der Waals surface area contributed by atoms with Crippen molar-refractivity contribution in [2.24, 2.45) is 5.10 Å². The molecule has 1 unspecified atom stereocenters. The van der Waals surface area contributed by atoms with E-state index in [0.29, 0.717) is 5.92 Å². The van der Waals surface area contributed by atoms with Crippen LogP contribution in [-0.4, -0.2) is 34.2 Å². The van der Waals surface area contributed by atoms with E-state index >= 15 is 0 Å². The van der Waals surface area contributed by atoms with Gasteiger partial charge in [0.1, 0.15) is 23.0 Å². The summed E-state index contributed by atoms with van der Waals surface area (Å²) in [4.78, 5) is 0. The molecule has 1 heterocycles. The van der Waals surface area contributed by atoms with Crippen LogP contribution in [-0.2, 0) is 0 Å². The number of hydrogen-bond donors (Lipinski definition) is 0. The Bertz CT molecular complexity index is 1250. The Kier molecular flexibility index (Phi) is 7.84. The first-order chi connectivity index (χ1) is 17.5. The van der Waals surface area contributed by atoms with E-state index < -0.39 is 0 Å². The van der Waals surface area contributed by atoms with E-state index in [0.717, 1.165) is 51.9 Å². The number of nitrogens with zero attached hydrogens (tertiary/aromatic N) is 2. The minimum absolute atomic E-state index is 0.0202. The quantitative estimate of drug-likeness (QED) is 0.330. The van der Waals surface area contributed by atoms with Crippen LogP contribution >= 0.6 is 0 Å². The first-order valence-corrected chi connectivity index (χ1v) is 12.1. The fourth-order valence-corrected chi connectivity index (χ4v) is 4.36. The molecule has 0 fully saturated rings. The monoisotopic (exact) mass is 486 g/mol. The second-order valence-electron chi connectivity index (χ2n) is 8.95. The van der Waals surface area contributed by atoms with Crippen molar-refractivity contribution in [2.45, 2.75) is 32.2 Å². The van der Waals surface area contributed by atoms with Gasteiger partial charge in [-0.15, -0.1) is 0 Å². The Labute approximate surface area is 213 Å². The molecule has 3 aromatic rings. The Morgan fingerprint density at radius 3 is 2.03 bits per heavy atom. The van der Waals surface area contributed by atoms with Crippen molar-refractivity contribution in [3.8, 4) is 23.0 Å². The molecule has 1 aliphatic heterocycles. The van der Waals surface area contributed by atoms with Crippen molar-refractivity contribution in [2.75, 3.05) is 33.4 Å². The molecular weight excluding hydrogens is 452 g/mol. The highest BCUT2D eigenvalue weighted by Gasteiger charge is 2.31. The van der Waals surface area contributed by atoms with Crippen LogP contribution in [0.3, 0.4) is 0 Å². The van der Waals surface area contributed by atoms with Gasteiger partial charge >= 0.3 is 0 Å². The molecule has 36 heavy (non-hydrogen) atoms. The van der Waals surface area contributed by atoms with E-state index in [4.69, 9.17) is 24.0 Å². The Morgan fingerprint density at radius 2 is 1.42 bits per heavy atom. The van der Waals surface area contributed by atoms with Crippen LogP contribution in [0.4, 0.5) is 5.69 Å². The number of ether oxygens (including phenoxy) is 4. The lowest BCUT2D eigenvalue weighted by molar-refractivity contribution is 0.388. The molecule has 0 radical (unpaired) electrons. The lowest BCUT2D eigenvalue weighted by Gasteiger charge is -2.26. The van der Waals surface area contributed by atoms with E-state index in [-0.39, 0.29) is 6.04 Å². The maximum Gasteiger partial charge on any atom is 0.129 e. The minimum Gasteiger partial charge on any atom is -0.497 e. The molecule has 6 heteroatoms. The summed E-state index contributed by atoms with van der Waals surface area (Å²) >= 11 is 0. The van der Waals surface area contributed by atoms with E-state index in [1.807, 2.05) is 36.4 Å². The maximum atomic E-state index is 5.75. The second kappa shape index (κ2) is 11.2. The summed E-state index contributed by atoms with van der Waals surface area (Å²) in [7, 11) is 6.65. The second-order valence-corrected chi connectivity index (χ2v) is 8.95. The molecule has 1 aliphatic rings. The van der Waals surface area contributed by atoms with Gasteiger partial charge in [-0.2, -0.15) is 5.10 Å². The number of allylic oxidation sites excluding steroid dienone is 1. The van der Waals surface area contributed by atoms with Gasteiger partial charge < -0.3 is 18.9 Å². The highest BCUT2D eigenvalue weighted by Crippen LogP contribution is 2.41. The van der Waals surface area contributed by atoms with Gasteiger partial charge in [-0.05, 0) is 60.0 Å². The van der Waals surface area contributed by atoms with Gasteiger partial charge in [0.05, 0.1) is 45.9 Å². The number of methoxy groups -OCH3 is 4.